The molecule has 0 radical (unpaired) electrons. The van der Waals surface area contributed by atoms with Gasteiger partial charge in [0.05, 0.1) is 11.5 Å². The van der Waals surface area contributed by atoms with Crippen LogP contribution in [-0.2, 0) is 6.16 Å². The molecule has 0 aliphatic heterocycles. The summed E-state index contributed by atoms with van der Waals surface area (Å²) in [7, 11) is 0.0934. The van der Waals surface area contributed by atoms with E-state index in [4.69, 9.17) is 0 Å². The van der Waals surface area contributed by atoms with E-state index in [1.54, 1.807) is 12.1 Å². The van der Waals surface area contributed by atoms with Crippen molar-refractivity contribution in [1.82, 2.24) is 0 Å². The molecule has 0 heterocycles. The molecular formula is C14H13ClF3OP. The largest absolute Gasteiger partial charge is 1.00 e. The number of ether oxygens (including phenoxy) is 1. The Morgan fingerprint density at radius 3 is 2.05 bits per heavy atom. The maximum Gasteiger partial charge on any atom is 0.573 e. The number of rotatable bonds is 4. The molecule has 2 rings (SSSR count). The smallest absolute Gasteiger partial charge is 0.573 e. The summed E-state index contributed by atoms with van der Waals surface area (Å²) in [6.07, 6.45) is -3.76. The first-order valence-electron chi connectivity index (χ1n) is 5.76. The zero-order valence-corrected chi connectivity index (χ0v) is 12.3. The van der Waals surface area contributed by atoms with Gasteiger partial charge in [0.25, 0.3) is 0 Å². The molecule has 0 bridgehead atoms. The molecule has 0 saturated carbocycles. The zero-order chi connectivity index (χ0) is 13.7. The van der Waals surface area contributed by atoms with Gasteiger partial charge in [-0.1, -0.05) is 30.3 Å². The van der Waals surface area contributed by atoms with Crippen molar-refractivity contribution in [2.75, 3.05) is 0 Å². The summed E-state index contributed by atoms with van der Waals surface area (Å²) in [6.45, 7) is 0. The van der Waals surface area contributed by atoms with E-state index < -0.39 is 6.36 Å². The maximum atomic E-state index is 12.0. The average molecular weight is 321 g/mol. The molecule has 1 atom stereocenters. The van der Waals surface area contributed by atoms with E-state index in [1.807, 2.05) is 18.2 Å². The van der Waals surface area contributed by atoms with E-state index >= 15 is 0 Å². The first-order valence-corrected chi connectivity index (χ1v) is 7.15. The van der Waals surface area contributed by atoms with Gasteiger partial charge < -0.3 is 17.1 Å². The molecule has 0 fully saturated rings. The van der Waals surface area contributed by atoms with Crippen LogP contribution in [-0.4, -0.2) is 6.36 Å². The van der Waals surface area contributed by atoms with Gasteiger partial charge in [0.15, 0.2) is 0 Å². The molecule has 0 aromatic heterocycles. The van der Waals surface area contributed by atoms with Gasteiger partial charge in [-0.2, -0.15) is 0 Å². The third-order valence-corrected chi connectivity index (χ3v) is 4.06. The summed E-state index contributed by atoms with van der Waals surface area (Å²) in [5.41, 5.74) is 1.02. The molecule has 0 spiro atoms. The highest BCUT2D eigenvalue weighted by Crippen LogP contribution is 2.24. The Balaban J connectivity index is 0.00000200. The van der Waals surface area contributed by atoms with Crippen LogP contribution in [0.2, 0.25) is 0 Å². The SMILES string of the molecule is FC(F)(F)Oc1ccc(C[PH2+]c2ccccc2)cc1.[Cl-]. The number of halogens is 4. The van der Waals surface area contributed by atoms with E-state index in [9.17, 15) is 13.2 Å². The Hall–Kier alpha value is -1.25. The highest BCUT2D eigenvalue weighted by molar-refractivity contribution is 7.46. The lowest BCUT2D eigenvalue weighted by Crippen LogP contribution is -3.00. The van der Waals surface area contributed by atoms with Crippen molar-refractivity contribution in [3.05, 3.63) is 60.2 Å². The van der Waals surface area contributed by atoms with Crippen LogP contribution in [0.3, 0.4) is 0 Å². The molecule has 0 aliphatic rings. The van der Waals surface area contributed by atoms with Gasteiger partial charge >= 0.3 is 6.36 Å². The van der Waals surface area contributed by atoms with E-state index in [2.05, 4.69) is 16.9 Å². The van der Waals surface area contributed by atoms with Crippen LogP contribution >= 0.6 is 8.58 Å². The standard InChI is InChI=1S/C14H12F3OP.ClH/c15-14(16,17)18-12-8-6-11(7-9-12)10-19-13-4-2-1-3-5-13;/h1-9,19H,10H2;1H. The Morgan fingerprint density at radius 1 is 0.900 bits per heavy atom. The van der Waals surface area contributed by atoms with Gasteiger partial charge in [-0.15, -0.1) is 13.2 Å². The van der Waals surface area contributed by atoms with Gasteiger partial charge in [0, 0.05) is 8.58 Å². The molecule has 2 aromatic rings. The second-order valence-electron chi connectivity index (χ2n) is 4.01. The van der Waals surface area contributed by atoms with Crippen LogP contribution in [0, 0.1) is 0 Å². The lowest BCUT2D eigenvalue weighted by atomic mass is 10.2. The predicted molar refractivity (Wildman–Crippen MR) is 72.6 cm³/mol. The first-order chi connectivity index (χ1) is 9.03. The number of benzene rings is 2. The topological polar surface area (TPSA) is 9.23 Å². The summed E-state index contributed by atoms with van der Waals surface area (Å²) in [4.78, 5) is 0. The molecule has 2 aromatic carbocycles. The number of hydrogen-bond acceptors (Lipinski definition) is 1. The molecule has 20 heavy (non-hydrogen) atoms. The highest BCUT2D eigenvalue weighted by atomic mass is 35.5. The number of alkyl halides is 3. The molecule has 0 saturated heterocycles. The van der Waals surface area contributed by atoms with E-state index in [0.29, 0.717) is 0 Å². The van der Waals surface area contributed by atoms with Crippen LogP contribution in [0.1, 0.15) is 5.56 Å². The molecule has 0 N–H and O–H groups in total. The van der Waals surface area contributed by atoms with Gasteiger partial charge in [-0.3, -0.25) is 0 Å². The molecule has 6 heteroatoms. The number of hydrogen-bond donors (Lipinski definition) is 0. The third-order valence-electron chi connectivity index (χ3n) is 2.53. The van der Waals surface area contributed by atoms with Crippen LogP contribution in [0.5, 0.6) is 5.75 Å². The van der Waals surface area contributed by atoms with Crippen LogP contribution in [0.15, 0.2) is 54.6 Å². The minimum Gasteiger partial charge on any atom is -1.00 e. The summed E-state index contributed by atoms with van der Waals surface area (Å²) >= 11 is 0. The Kier molecular flexibility index (Phi) is 6.31. The van der Waals surface area contributed by atoms with Crippen LogP contribution < -0.4 is 22.4 Å². The van der Waals surface area contributed by atoms with Gasteiger partial charge in [0.1, 0.15) is 5.75 Å². The van der Waals surface area contributed by atoms with Crippen molar-refractivity contribution >= 4 is 13.9 Å². The van der Waals surface area contributed by atoms with Crippen LogP contribution in [0.25, 0.3) is 0 Å². The fraction of sp³-hybridized carbons (Fsp3) is 0.143. The van der Waals surface area contributed by atoms with Crippen molar-refractivity contribution < 1.29 is 30.3 Å². The van der Waals surface area contributed by atoms with E-state index in [-0.39, 0.29) is 26.7 Å². The van der Waals surface area contributed by atoms with Gasteiger partial charge in [-0.05, 0) is 29.8 Å². The summed E-state index contributed by atoms with van der Waals surface area (Å²) < 4.78 is 39.8. The summed E-state index contributed by atoms with van der Waals surface area (Å²) in [5, 5.41) is 1.29. The average Bonchev–Trinajstić information content (AvgIpc) is 2.37. The van der Waals surface area contributed by atoms with E-state index in [1.165, 1.54) is 17.4 Å². The van der Waals surface area contributed by atoms with Crippen LogP contribution in [0.4, 0.5) is 13.2 Å². The second-order valence-corrected chi connectivity index (χ2v) is 5.49. The predicted octanol–water partition coefficient (Wildman–Crippen LogP) is 0.826. The van der Waals surface area contributed by atoms with Crippen molar-refractivity contribution in [3.63, 3.8) is 0 Å². The van der Waals surface area contributed by atoms with E-state index in [0.717, 1.165) is 11.7 Å². The highest BCUT2D eigenvalue weighted by Gasteiger charge is 2.30. The molecule has 0 aliphatic carbocycles. The Morgan fingerprint density at radius 2 is 1.50 bits per heavy atom. The minimum atomic E-state index is -4.63. The Labute approximate surface area is 123 Å². The monoisotopic (exact) mass is 320 g/mol. The second kappa shape index (κ2) is 7.51. The third kappa shape index (κ3) is 5.81. The van der Waals surface area contributed by atoms with Crippen molar-refractivity contribution in [1.29, 1.82) is 0 Å². The molecule has 0 amide bonds. The van der Waals surface area contributed by atoms with Gasteiger partial charge in [-0.25, -0.2) is 0 Å². The lowest BCUT2D eigenvalue weighted by Gasteiger charge is -2.08. The molecule has 1 nitrogen and oxygen atoms in total. The quantitative estimate of drug-likeness (QED) is 0.758. The van der Waals surface area contributed by atoms with Gasteiger partial charge in [0.2, 0.25) is 0 Å². The molecular weight excluding hydrogens is 308 g/mol. The fourth-order valence-corrected chi connectivity index (χ4v) is 2.89. The normalized spacial score (nSPS) is 11.3. The van der Waals surface area contributed by atoms with Crippen molar-refractivity contribution in [3.8, 4) is 5.75 Å². The fourth-order valence-electron chi connectivity index (χ4n) is 1.65. The summed E-state index contributed by atoms with van der Waals surface area (Å²) in [6, 6.07) is 16.1. The minimum absolute atomic E-state index is 0. The Bertz CT molecular complexity index is 514. The van der Waals surface area contributed by atoms with Crippen molar-refractivity contribution in [2.45, 2.75) is 12.5 Å². The zero-order valence-electron chi connectivity index (χ0n) is 10.4. The first kappa shape index (κ1) is 16.8. The van der Waals surface area contributed by atoms with Crippen molar-refractivity contribution in [2.24, 2.45) is 0 Å². The molecule has 1 unspecified atom stereocenters. The summed E-state index contributed by atoms with van der Waals surface area (Å²) in [5.74, 6) is -0.175. The lowest BCUT2D eigenvalue weighted by molar-refractivity contribution is -0.274. The molecule has 108 valence electrons. The maximum absolute atomic E-state index is 12.0.